The minimum absolute atomic E-state index is 0. The van der Waals surface area contributed by atoms with E-state index in [4.69, 9.17) is 0 Å². The Bertz CT molecular complexity index is 879. The molecule has 3 N–H and O–H groups in total. The van der Waals surface area contributed by atoms with Crippen LogP contribution in [0.1, 0.15) is 59.7 Å². The van der Waals surface area contributed by atoms with Crippen molar-refractivity contribution in [2.24, 2.45) is 4.99 Å². The minimum Gasteiger partial charge on any atom is -0.352 e. The molecule has 2 aromatic rings. The van der Waals surface area contributed by atoms with E-state index in [1.165, 1.54) is 43.5 Å². The van der Waals surface area contributed by atoms with Crippen LogP contribution in [0, 0.1) is 0 Å². The molecule has 0 saturated carbocycles. The highest BCUT2D eigenvalue weighted by molar-refractivity contribution is 14.0. The molecule has 3 rings (SSSR count). The number of nitrogens with zero attached hydrogens (tertiary/aromatic N) is 2. The van der Waals surface area contributed by atoms with Gasteiger partial charge in [0.15, 0.2) is 5.96 Å². The Morgan fingerprint density at radius 1 is 0.909 bits per heavy atom. The van der Waals surface area contributed by atoms with Crippen molar-refractivity contribution in [2.45, 2.75) is 52.2 Å². The monoisotopic (exact) mass is 563 g/mol. The first-order valence-electron chi connectivity index (χ1n) is 11.8. The predicted octanol–water partition coefficient (Wildman–Crippen LogP) is 4.30. The summed E-state index contributed by atoms with van der Waals surface area (Å²) in [6.07, 6.45) is 4.95. The standard InChI is InChI=1S/C26H37N5O.HI/c1-3-14-28-25(32)24-9-7-8-23(17-24)19-30-26(27-2)29-18-21-10-12-22(13-11-21)20-31-15-5-4-6-16-31;/h7-13,17H,3-6,14-16,18-20H2,1-2H3,(H,28,32)(H2,27,29,30);1H. The lowest BCUT2D eigenvalue weighted by Crippen LogP contribution is -2.36. The number of carbonyl (C=O) groups excluding carboxylic acids is 1. The summed E-state index contributed by atoms with van der Waals surface area (Å²) in [5, 5.41) is 9.62. The Hall–Kier alpha value is -2.13. The van der Waals surface area contributed by atoms with Crippen molar-refractivity contribution < 1.29 is 4.79 Å². The predicted molar refractivity (Wildman–Crippen MR) is 147 cm³/mol. The normalized spacial score (nSPS) is 14.3. The van der Waals surface area contributed by atoms with E-state index in [0.717, 1.165) is 24.5 Å². The van der Waals surface area contributed by atoms with E-state index < -0.39 is 0 Å². The Morgan fingerprint density at radius 3 is 2.24 bits per heavy atom. The number of hydrogen-bond donors (Lipinski definition) is 3. The van der Waals surface area contributed by atoms with Crippen molar-refractivity contribution in [1.29, 1.82) is 0 Å². The molecule has 0 aliphatic carbocycles. The lowest BCUT2D eigenvalue weighted by atomic mass is 10.1. The van der Waals surface area contributed by atoms with Gasteiger partial charge in [-0.2, -0.15) is 0 Å². The maximum Gasteiger partial charge on any atom is 0.251 e. The molecule has 1 aliphatic rings. The van der Waals surface area contributed by atoms with Crippen LogP contribution < -0.4 is 16.0 Å². The molecule has 7 heteroatoms. The van der Waals surface area contributed by atoms with Gasteiger partial charge in [0.05, 0.1) is 0 Å². The Kier molecular flexibility index (Phi) is 12.2. The molecule has 1 heterocycles. The van der Waals surface area contributed by atoms with Crippen LogP contribution in [-0.4, -0.2) is 43.4 Å². The molecule has 0 aromatic heterocycles. The molecule has 0 radical (unpaired) electrons. The van der Waals surface area contributed by atoms with Gasteiger partial charge in [0.25, 0.3) is 5.91 Å². The summed E-state index contributed by atoms with van der Waals surface area (Å²) >= 11 is 0. The quantitative estimate of drug-likeness (QED) is 0.242. The number of nitrogens with one attached hydrogen (secondary N) is 3. The first-order chi connectivity index (χ1) is 15.7. The van der Waals surface area contributed by atoms with Crippen LogP contribution in [0.4, 0.5) is 0 Å². The summed E-state index contributed by atoms with van der Waals surface area (Å²) in [5.41, 5.74) is 4.33. The second-order valence-electron chi connectivity index (χ2n) is 8.39. The van der Waals surface area contributed by atoms with Crippen LogP contribution in [0.2, 0.25) is 0 Å². The Morgan fingerprint density at radius 2 is 1.58 bits per heavy atom. The van der Waals surface area contributed by atoms with E-state index in [-0.39, 0.29) is 29.9 Å². The minimum atomic E-state index is -0.0278. The molecule has 0 atom stereocenters. The lowest BCUT2D eigenvalue weighted by molar-refractivity contribution is 0.0953. The van der Waals surface area contributed by atoms with Gasteiger partial charge in [-0.3, -0.25) is 14.7 Å². The first-order valence-corrected chi connectivity index (χ1v) is 11.8. The maximum atomic E-state index is 12.2. The van der Waals surface area contributed by atoms with Crippen LogP contribution in [0.5, 0.6) is 0 Å². The van der Waals surface area contributed by atoms with E-state index >= 15 is 0 Å². The molecule has 6 nitrogen and oxygen atoms in total. The van der Waals surface area contributed by atoms with E-state index in [9.17, 15) is 4.79 Å². The van der Waals surface area contributed by atoms with Gasteiger partial charge >= 0.3 is 0 Å². The van der Waals surface area contributed by atoms with Crippen molar-refractivity contribution in [2.75, 3.05) is 26.7 Å². The molecule has 0 spiro atoms. The topological polar surface area (TPSA) is 68.8 Å². The number of hydrogen-bond acceptors (Lipinski definition) is 3. The zero-order chi connectivity index (χ0) is 22.6. The van der Waals surface area contributed by atoms with Gasteiger partial charge in [0.2, 0.25) is 0 Å². The summed E-state index contributed by atoms with van der Waals surface area (Å²) in [7, 11) is 1.77. The lowest BCUT2D eigenvalue weighted by Gasteiger charge is -2.26. The molecule has 33 heavy (non-hydrogen) atoms. The van der Waals surface area contributed by atoms with Gasteiger partial charge in [0.1, 0.15) is 0 Å². The van der Waals surface area contributed by atoms with Crippen molar-refractivity contribution in [3.05, 3.63) is 70.8 Å². The van der Waals surface area contributed by atoms with Crippen LogP contribution >= 0.6 is 24.0 Å². The number of halogens is 1. The molecule has 0 bridgehead atoms. The van der Waals surface area contributed by atoms with Crippen molar-refractivity contribution in [1.82, 2.24) is 20.9 Å². The number of likely N-dealkylation sites (tertiary alicyclic amines) is 1. The van der Waals surface area contributed by atoms with E-state index in [2.05, 4.69) is 50.1 Å². The number of carbonyl (C=O) groups is 1. The highest BCUT2D eigenvalue weighted by Gasteiger charge is 2.10. The largest absolute Gasteiger partial charge is 0.352 e. The third-order valence-electron chi connectivity index (χ3n) is 5.75. The van der Waals surface area contributed by atoms with Gasteiger partial charge in [-0.15, -0.1) is 24.0 Å². The van der Waals surface area contributed by atoms with Crippen molar-refractivity contribution in [3.8, 4) is 0 Å². The Labute approximate surface area is 215 Å². The van der Waals surface area contributed by atoms with Crippen molar-refractivity contribution >= 4 is 35.8 Å². The smallest absolute Gasteiger partial charge is 0.251 e. The number of piperidine rings is 1. The highest BCUT2D eigenvalue weighted by atomic mass is 127. The first kappa shape index (κ1) is 27.1. The highest BCUT2D eigenvalue weighted by Crippen LogP contribution is 2.13. The summed E-state index contributed by atoms with van der Waals surface area (Å²) < 4.78 is 0. The number of amides is 1. The van der Waals surface area contributed by atoms with E-state index in [1.54, 1.807) is 7.05 Å². The molecule has 1 fully saturated rings. The third-order valence-corrected chi connectivity index (χ3v) is 5.75. The summed E-state index contributed by atoms with van der Waals surface area (Å²) in [6, 6.07) is 16.5. The van der Waals surface area contributed by atoms with Gasteiger partial charge < -0.3 is 16.0 Å². The fourth-order valence-corrected chi connectivity index (χ4v) is 3.89. The second kappa shape index (κ2) is 14.9. The molecule has 180 valence electrons. The third kappa shape index (κ3) is 9.33. The molecule has 2 aromatic carbocycles. The fraction of sp³-hybridized carbons (Fsp3) is 0.462. The number of rotatable bonds is 9. The van der Waals surface area contributed by atoms with Gasteiger partial charge in [-0.25, -0.2) is 0 Å². The average Bonchev–Trinajstić information content (AvgIpc) is 2.84. The van der Waals surface area contributed by atoms with E-state index in [1.807, 2.05) is 31.2 Å². The number of guanidine groups is 1. The molecular weight excluding hydrogens is 525 g/mol. The Balaban J connectivity index is 0.00000385. The number of aliphatic imine (C=N–C) groups is 1. The molecule has 0 unspecified atom stereocenters. The molecule has 1 saturated heterocycles. The SMILES string of the molecule is CCCNC(=O)c1cccc(CNC(=NC)NCc2ccc(CN3CCCCC3)cc2)c1.I. The second-order valence-corrected chi connectivity index (χ2v) is 8.39. The molecular formula is C26H38IN5O. The van der Waals surface area contributed by atoms with Crippen LogP contribution in [-0.2, 0) is 19.6 Å². The van der Waals surface area contributed by atoms with Crippen LogP contribution in [0.3, 0.4) is 0 Å². The van der Waals surface area contributed by atoms with Crippen molar-refractivity contribution in [3.63, 3.8) is 0 Å². The average molecular weight is 564 g/mol. The maximum absolute atomic E-state index is 12.2. The summed E-state index contributed by atoms with van der Waals surface area (Å²) in [4.78, 5) is 19.0. The van der Waals surface area contributed by atoms with Gasteiger partial charge in [-0.05, 0) is 61.2 Å². The molecule has 1 aliphatic heterocycles. The molecule has 1 amide bonds. The van der Waals surface area contributed by atoms with Gasteiger partial charge in [-0.1, -0.05) is 49.7 Å². The summed E-state index contributed by atoms with van der Waals surface area (Å²) in [5.74, 6) is 0.711. The summed E-state index contributed by atoms with van der Waals surface area (Å²) in [6.45, 7) is 7.54. The van der Waals surface area contributed by atoms with Gasteiger partial charge in [0, 0.05) is 38.8 Å². The van der Waals surface area contributed by atoms with Crippen LogP contribution in [0.15, 0.2) is 53.5 Å². The zero-order valence-corrected chi connectivity index (χ0v) is 22.2. The zero-order valence-electron chi connectivity index (χ0n) is 19.9. The fourth-order valence-electron chi connectivity index (χ4n) is 3.89. The van der Waals surface area contributed by atoms with Crippen LogP contribution in [0.25, 0.3) is 0 Å². The van der Waals surface area contributed by atoms with E-state index in [0.29, 0.717) is 25.2 Å². The number of benzene rings is 2.